The van der Waals surface area contributed by atoms with Crippen LogP contribution >= 0.6 is 0 Å². The smallest absolute Gasteiger partial charge is 0.120 e. The van der Waals surface area contributed by atoms with Gasteiger partial charge in [-0.1, -0.05) is 58.4 Å². The van der Waals surface area contributed by atoms with Crippen molar-refractivity contribution in [3.05, 3.63) is 117 Å². The quantitative estimate of drug-likeness (QED) is 0.0804. The van der Waals surface area contributed by atoms with Crippen LogP contribution in [0.1, 0.15) is 117 Å². The molecule has 68 heavy (non-hydrogen) atoms. The van der Waals surface area contributed by atoms with Crippen molar-refractivity contribution >= 4 is 22.3 Å². The number of nitrogens with zero attached hydrogens (tertiary/aromatic N) is 4. The Kier molecular flexibility index (Phi) is 19.4. The Balaban J connectivity index is 0.000000201. The van der Waals surface area contributed by atoms with E-state index >= 15 is 0 Å². The lowest BCUT2D eigenvalue weighted by molar-refractivity contribution is 0.0338. The van der Waals surface area contributed by atoms with Crippen molar-refractivity contribution in [1.82, 2.24) is 19.6 Å². The summed E-state index contributed by atoms with van der Waals surface area (Å²) in [4.78, 5) is 9.45. The van der Waals surface area contributed by atoms with Crippen LogP contribution in [0, 0.1) is 0 Å². The molecule has 4 aliphatic rings. The van der Waals surface area contributed by atoms with E-state index in [2.05, 4.69) is 77.6 Å². The highest BCUT2D eigenvalue weighted by Crippen LogP contribution is 2.38. The lowest BCUT2D eigenvalue weighted by atomic mass is 9.89. The first-order valence-electron chi connectivity index (χ1n) is 25.5. The van der Waals surface area contributed by atoms with Crippen molar-refractivity contribution in [3.8, 4) is 23.0 Å². The van der Waals surface area contributed by atoms with Crippen molar-refractivity contribution in [2.24, 2.45) is 0 Å². The van der Waals surface area contributed by atoms with E-state index in [1.165, 1.54) is 52.7 Å². The fourth-order valence-electron chi connectivity index (χ4n) is 10.3. The first kappa shape index (κ1) is 51.1. The molecule has 4 aromatic carbocycles. The summed E-state index contributed by atoms with van der Waals surface area (Å²) in [7, 11) is 0. The van der Waals surface area contributed by atoms with Crippen LogP contribution in [0.4, 0.5) is 0 Å². The Morgan fingerprint density at radius 3 is 0.824 bits per heavy atom. The normalized spacial score (nSPS) is 18.6. The summed E-state index contributed by atoms with van der Waals surface area (Å²) in [6.45, 7) is 23.8. The van der Waals surface area contributed by atoms with Gasteiger partial charge in [0.15, 0.2) is 0 Å². The van der Waals surface area contributed by atoms with Gasteiger partial charge >= 0.3 is 0 Å². The van der Waals surface area contributed by atoms with Crippen LogP contribution < -0.4 is 0 Å². The highest BCUT2D eigenvalue weighted by Gasteiger charge is 2.20. The minimum atomic E-state index is 0.348. The zero-order valence-corrected chi connectivity index (χ0v) is 41.4. The average Bonchev–Trinajstić information content (AvgIpc) is 3.37. The molecule has 0 radical (unpaired) electrons. The summed E-state index contributed by atoms with van der Waals surface area (Å²) in [5.41, 5.74) is 13.8. The summed E-state index contributed by atoms with van der Waals surface area (Å²) in [6.07, 6.45) is 7.41. The number of benzene rings is 4. The molecule has 11 nitrogen and oxygen atoms in total. The molecule has 4 saturated heterocycles. The summed E-state index contributed by atoms with van der Waals surface area (Å²) in [5, 5.41) is 42.2. The predicted molar refractivity (Wildman–Crippen MR) is 275 cm³/mol. The molecule has 0 atom stereocenters. The lowest BCUT2D eigenvalue weighted by Crippen LogP contribution is -2.35. The Morgan fingerprint density at radius 1 is 0.353 bits per heavy atom. The summed E-state index contributed by atoms with van der Waals surface area (Å²) >= 11 is 0. The molecule has 0 unspecified atom stereocenters. The molecule has 11 heteroatoms. The number of morpholine rings is 3. The van der Waals surface area contributed by atoms with Gasteiger partial charge in [-0.05, 0) is 145 Å². The third kappa shape index (κ3) is 13.7. The number of hydrogen-bond acceptors (Lipinski definition) is 11. The number of piperidine rings is 1. The van der Waals surface area contributed by atoms with Crippen molar-refractivity contribution in [1.29, 1.82) is 0 Å². The third-order valence-electron chi connectivity index (χ3n) is 14.2. The maximum Gasteiger partial charge on any atom is 0.120 e. The van der Waals surface area contributed by atoms with E-state index in [-0.39, 0.29) is 0 Å². The largest absolute Gasteiger partial charge is 0.508 e. The van der Waals surface area contributed by atoms with Crippen LogP contribution in [0.2, 0.25) is 0 Å². The maximum absolute atomic E-state index is 10.6. The number of hydrogen-bond donors (Lipinski definition) is 4. The van der Waals surface area contributed by atoms with Crippen molar-refractivity contribution in [2.75, 3.05) is 92.0 Å². The fourth-order valence-corrected chi connectivity index (χ4v) is 10.3. The molecular formula is C57H78N4O7. The number of allylic oxidation sites excluding steroid dienone is 4. The van der Waals surface area contributed by atoms with Crippen LogP contribution in [0.3, 0.4) is 0 Å². The van der Waals surface area contributed by atoms with E-state index in [1.54, 1.807) is 0 Å². The summed E-state index contributed by atoms with van der Waals surface area (Å²) in [6, 6.07) is 24.2. The van der Waals surface area contributed by atoms with Gasteiger partial charge in [0, 0.05) is 87.7 Å². The summed E-state index contributed by atoms with van der Waals surface area (Å²) in [5.74, 6) is 1.44. The maximum atomic E-state index is 10.6. The van der Waals surface area contributed by atoms with Gasteiger partial charge in [0.25, 0.3) is 0 Å². The van der Waals surface area contributed by atoms with E-state index in [0.29, 0.717) is 23.0 Å². The molecule has 0 aromatic heterocycles. The minimum absolute atomic E-state index is 0.348. The molecule has 4 N–H and O–H groups in total. The number of phenolic OH excluding ortho intramolecular Hbond substituents is 4. The van der Waals surface area contributed by atoms with Gasteiger partial charge in [-0.3, -0.25) is 19.6 Å². The number of phenols is 4. The lowest BCUT2D eigenvalue weighted by Gasteiger charge is -2.27. The number of aromatic hydroxyl groups is 4. The standard InChI is InChI=1S/C29H40N2O3.C28H38N2O4/c1-3-26(22-8-10-28(32)24(18-22)20-30-12-6-5-7-13-30)27(4-2)23-9-11-29(33)25(19-23)21-31-14-16-34-17-15-31;1-3-25(21-5-7-27(31)23(17-21)19-29-9-13-33-14-10-29)26(4-2)22-6-8-28(32)24(18-22)20-30-11-15-34-16-12-30/h8-11,18-19,32-33H,3-7,12-17,20-21H2,1-2H3;5-8,17-18,31-32H,3-4,9-16,19-20H2,1-2H3/b27-26+;26-25-. The second-order valence-corrected chi connectivity index (χ2v) is 18.7. The number of ether oxygens (including phenoxy) is 3. The second-order valence-electron chi connectivity index (χ2n) is 18.7. The SMILES string of the molecule is CC/C(=C(/CC)c1ccc(O)c(CN2CCOCC2)c1)c1ccc(O)c(CN2CCCCC2)c1.CC/C(=C(\CC)c1ccc(O)c(CN2CCOCC2)c1)c1ccc(O)c(CN2CCOCC2)c1. The predicted octanol–water partition coefficient (Wildman–Crippen LogP) is 10.1. The van der Waals surface area contributed by atoms with Crippen LogP contribution in [-0.2, 0) is 40.4 Å². The van der Waals surface area contributed by atoms with E-state index in [1.807, 2.05) is 42.5 Å². The monoisotopic (exact) mass is 931 g/mol. The van der Waals surface area contributed by atoms with Crippen LogP contribution in [0.25, 0.3) is 22.3 Å². The highest BCUT2D eigenvalue weighted by molar-refractivity contribution is 5.92. The Bertz CT molecular complexity index is 1980. The molecule has 8 rings (SSSR count). The zero-order chi connectivity index (χ0) is 47.8. The molecule has 368 valence electrons. The highest BCUT2D eigenvalue weighted by atomic mass is 16.5. The Labute approximate surface area is 406 Å². The van der Waals surface area contributed by atoms with Gasteiger partial charge < -0.3 is 34.6 Å². The van der Waals surface area contributed by atoms with Crippen molar-refractivity contribution in [2.45, 2.75) is 98.8 Å². The van der Waals surface area contributed by atoms with Gasteiger partial charge in [-0.25, -0.2) is 0 Å². The molecule has 4 fully saturated rings. The summed E-state index contributed by atoms with van der Waals surface area (Å²) < 4.78 is 16.4. The average molecular weight is 931 g/mol. The zero-order valence-electron chi connectivity index (χ0n) is 41.4. The molecule has 0 amide bonds. The molecule has 0 spiro atoms. The molecule has 4 aliphatic heterocycles. The number of rotatable bonds is 16. The topological polar surface area (TPSA) is 122 Å². The van der Waals surface area contributed by atoms with Gasteiger partial charge in [0.05, 0.1) is 39.6 Å². The van der Waals surface area contributed by atoms with E-state index in [9.17, 15) is 20.4 Å². The number of likely N-dealkylation sites (tertiary alicyclic amines) is 1. The van der Waals surface area contributed by atoms with Gasteiger partial charge in [-0.2, -0.15) is 0 Å². The van der Waals surface area contributed by atoms with E-state index in [4.69, 9.17) is 14.2 Å². The first-order valence-corrected chi connectivity index (χ1v) is 25.5. The van der Waals surface area contributed by atoms with Gasteiger partial charge in [0.2, 0.25) is 0 Å². The molecule has 0 saturated carbocycles. The Hall–Kier alpha value is -4.72. The van der Waals surface area contributed by atoms with Crippen molar-refractivity contribution in [3.63, 3.8) is 0 Å². The Morgan fingerprint density at radius 2 is 0.588 bits per heavy atom. The van der Waals surface area contributed by atoms with E-state index < -0.39 is 0 Å². The molecule has 4 heterocycles. The van der Waals surface area contributed by atoms with Crippen LogP contribution in [0.15, 0.2) is 72.8 Å². The second kappa shape index (κ2) is 25.8. The van der Waals surface area contributed by atoms with Gasteiger partial charge in [0.1, 0.15) is 23.0 Å². The fraction of sp³-hybridized carbons (Fsp3) is 0.509. The molecular weight excluding hydrogens is 853 g/mol. The minimum Gasteiger partial charge on any atom is -0.508 e. The van der Waals surface area contributed by atoms with Gasteiger partial charge in [-0.15, -0.1) is 0 Å². The first-order chi connectivity index (χ1) is 33.2. The van der Waals surface area contributed by atoms with Crippen LogP contribution in [0.5, 0.6) is 23.0 Å². The third-order valence-corrected chi connectivity index (χ3v) is 14.2. The molecule has 0 bridgehead atoms. The molecule has 0 aliphatic carbocycles. The van der Waals surface area contributed by atoms with E-state index in [0.717, 1.165) is 177 Å². The van der Waals surface area contributed by atoms with Crippen LogP contribution in [-0.4, -0.2) is 132 Å². The van der Waals surface area contributed by atoms with Crippen molar-refractivity contribution < 1.29 is 34.6 Å². The molecule has 4 aromatic rings.